The molecule has 21 heavy (non-hydrogen) atoms. The first-order chi connectivity index (χ1) is 10.2. The standard InChI is InChI=1S/C16H23N3O2/c1-3-18(4-2)12-15-17-13-8-5-6-9-14(13)19(15)11-7-10-16(20)21/h5-6,8-9H,3-4,7,10-12H2,1-2H3,(H,20,21). The minimum atomic E-state index is -0.746. The summed E-state index contributed by atoms with van der Waals surface area (Å²) >= 11 is 0. The van der Waals surface area contributed by atoms with Crippen LogP contribution in [0, 0.1) is 0 Å². The number of carbonyl (C=O) groups is 1. The molecule has 0 aliphatic carbocycles. The molecule has 0 atom stereocenters. The minimum Gasteiger partial charge on any atom is -0.481 e. The van der Waals surface area contributed by atoms with E-state index in [0.717, 1.165) is 36.5 Å². The van der Waals surface area contributed by atoms with Crippen LogP contribution in [0.5, 0.6) is 0 Å². The van der Waals surface area contributed by atoms with Crippen molar-refractivity contribution in [2.45, 2.75) is 39.8 Å². The summed E-state index contributed by atoms with van der Waals surface area (Å²) in [5.41, 5.74) is 2.07. The van der Waals surface area contributed by atoms with Crippen molar-refractivity contribution < 1.29 is 9.90 Å². The molecule has 114 valence electrons. The summed E-state index contributed by atoms with van der Waals surface area (Å²) in [5, 5.41) is 8.81. The molecule has 0 saturated heterocycles. The first-order valence-corrected chi connectivity index (χ1v) is 7.54. The summed E-state index contributed by atoms with van der Waals surface area (Å²) < 4.78 is 2.16. The Morgan fingerprint density at radius 2 is 2.00 bits per heavy atom. The Balaban J connectivity index is 2.27. The van der Waals surface area contributed by atoms with Gasteiger partial charge in [-0.1, -0.05) is 26.0 Å². The lowest BCUT2D eigenvalue weighted by Gasteiger charge is -2.18. The number of fused-ring (bicyclic) bond motifs is 1. The molecule has 1 aromatic carbocycles. The van der Waals surface area contributed by atoms with Gasteiger partial charge >= 0.3 is 5.97 Å². The van der Waals surface area contributed by atoms with Crippen LogP contribution in [0.3, 0.4) is 0 Å². The molecule has 1 aromatic heterocycles. The van der Waals surface area contributed by atoms with Gasteiger partial charge in [0, 0.05) is 13.0 Å². The maximum Gasteiger partial charge on any atom is 0.303 e. The number of hydrogen-bond donors (Lipinski definition) is 1. The zero-order valence-corrected chi connectivity index (χ0v) is 12.7. The molecule has 0 spiro atoms. The van der Waals surface area contributed by atoms with Crippen LogP contribution in [0.25, 0.3) is 11.0 Å². The van der Waals surface area contributed by atoms with E-state index in [4.69, 9.17) is 10.1 Å². The molecule has 0 fully saturated rings. The predicted molar refractivity (Wildman–Crippen MR) is 83.2 cm³/mol. The molecule has 1 heterocycles. The van der Waals surface area contributed by atoms with E-state index in [2.05, 4.69) is 29.4 Å². The lowest BCUT2D eigenvalue weighted by atomic mass is 10.3. The summed E-state index contributed by atoms with van der Waals surface area (Å²) in [6.45, 7) is 7.74. The first kappa shape index (κ1) is 15.5. The van der Waals surface area contributed by atoms with Crippen molar-refractivity contribution in [1.29, 1.82) is 0 Å². The molecule has 0 aliphatic rings. The van der Waals surface area contributed by atoms with E-state index in [-0.39, 0.29) is 6.42 Å². The molecule has 0 saturated carbocycles. The number of carboxylic acids is 1. The summed E-state index contributed by atoms with van der Waals surface area (Å²) in [6, 6.07) is 8.04. The van der Waals surface area contributed by atoms with Gasteiger partial charge in [-0.2, -0.15) is 0 Å². The number of benzene rings is 1. The molecular weight excluding hydrogens is 266 g/mol. The molecule has 0 bridgehead atoms. The zero-order valence-electron chi connectivity index (χ0n) is 12.7. The third-order valence-electron chi connectivity index (χ3n) is 3.77. The molecule has 0 amide bonds. The number of hydrogen-bond acceptors (Lipinski definition) is 3. The molecule has 0 radical (unpaired) electrons. The number of rotatable bonds is 8. The molecule has 2 aromatic rings. The van der Waals surface area contributed by atoms with Gasteiger partial charge in [0.05, 0.1) is 17.6 Å². The van der Waals surface area contributed by atoms with E-state index in [9.17, 15) is 4.79 Å². The molecule has 0 aliphatic heterocycles. The van der Waals surface area contributed by atoms with E-state index in [1.54, 1.807) is 0 Å². The van der Waals surface area contributed by atoms with Crippen molar-refractivity contribution in [3.8, 4) is 0 Å². The summed E-state index contributed by atoms with van der Waals surface area (Å²) in [4.78, 5) is 17.7. The second kappa shape index (κ2) is 7.22. The topological polar surface area (TPSA) is 58.4 Å². The van der Waals surface area contributed by atoms with Crippen molar-refractivity contribution in [3.63, 3.8) is 0 Å². The van der Waals surface area contributed by atoms with Gasteiger partial charge in [-0.05, 0) is 31.6 Å². The smallest absolute Gasteiger partial charge is 0.303 e. The molecule has 5 nitrogen and oxygen atoms in total. The van der Waals surface area contributed by atoms with Gasteiger partial charge in [-0.15, -0.1) is 0 Å². The second-order valence-electron chi connectivity index (χ2n) is 5.13. The van der Waals surface area contributed by atoms with E-state index < -0.39 is 5.97 Å². The Hall–Kier alpha value is -1.88. The van der Waals surface area contributed by atoms with Crippen LogP contribution in [0.15, 0.2) is 24.3 Å². The lowest BCUT2D eigenvalue weighted by Crippen LogP contribution is -2.24. The summed E-state index contributed by atoms with van der Waals surface area (Å²) in [5.74, 6) is 0.273. The number of aliphatic carboxylic acids is 1. The lowest BCUT2D eigenvalue weighted by molar-refractivity contribution is -0.137. The van der Waals surface area contributed by atoms with Crippen LogP contribution < -0.4 is 0 Å². The third-order valence-corrected chi connectivity index (χ3v) is 3.77. The van der Waals surface area contributed by atoms with Crippen molar-refractivity contribution in [1.82, 2.24) is 14.5 Å². The Labute approximate surface area is 125 Å². The fraction of sp³-hybridized carbons (Fsp3) is 0.500. The number of para-hydroxylation sites is 2. The quantitative estimate of drug-likeness (QED) is 0.812. The highest BCUT2D eigenvalue weighted by Gasteiger charge is 2.13. The van der Waals surface area contributed by atoms with E-state index >= 15 is 0 Å². The van der Waals surface area contributed by atoms with Crippen LogP contribution in [0.4, 0.5) is 0 Å². The zero-order chi connectivity index (χ0) is 15.2. The average molecular weight is 289 g/mol. The van der Waals surface area contributed by atoms with Crippen LogP contribution in [0.2, 0.25) is 0 Å². The molecule has 2 rings (SSSR count). The van der Waals surface area contributed by atoms with Gasteiger partial charge in [0.1, 0.15) is 5.82 Å². The van der Waals surface area contributed by atoms with Crippen molar-refractivity contribution in [2.75, 3.05) is 13.1 Å². The summed E-state index contributed by atoms with van der Waals surface area (Å²) in [6.07, 6.45) is 0.818. The molecule has 0 unspecified atom stereocenters. The monoisotopic (exact) mass is 289 g/mol. The van der Waals surface area contributed by atoms with E-state index in [1.807, 2.05) is 18.2 Å². The van der Waals surface area contributed by atoms with Gasteiger partial charge in [-0.3, -0.25) is 9.69 Å². The van der Waals surface area contributed by atoms with E-state index in [0.29, 0.717) is 13.0 Å². The highest BCUT2D eigenvalue weighted by atomic mass is 16.4. The Morgan fingerprint density at radius 1 is 1.29 bits per heavy atom. The molecular formula is C16H23N3O2. The average Bonchev–Trinajstić information content (AvgIpc) is 2.82. The molecule has 1 N–H and O–H groups in total. The Morgan fingerprint density at radius 3 is 2.67 bits per heavy atom. The maximum atomic E-state index is 10.7. The number of imidazole rings is 1. The predicted octanol–water partition coefficient (Wildman–Crippen LogP) is 2.74. The normalized spacial score (nSPS) is 11.4. The van der Waals surface area contributed by atoms with Crippen molar-refractivity contribution in [2.24, 2.45) is 0 Å². The summed E-state index contributed by atoms with van der Waals surface area (Å²) in [7, 11) is 0. The molecule has 5 heteroatoms. The van der Waals surface area contributed by atoms with Gasteiger partial charge in [-0.25, -0.2) is 4.98 Å². The Bertz CT molecular complexity index is 603. The SMILES string of the molecule is CCN(CC)Cc1nc2ccccc2n1CCCC(=O)O. The second-order valence-corrected chi connectivity index (χ2v) is 5.13. The number of aryl methyl sites for hydroxylation is 1. The van der Waals surface area contributed by atoms with Crippen molar-refractivity contribution in [3.05, 3.63) is 30.1 Å². The van der Waals surface area contributed by atoms with Gasteiger partial charge < -0.3 is 9.67 Å². The van der Waals surface area contributed by atoms with Crippen LogP contribution >= 0.6 is 0 Å². The fourth-order valence-electron chi connectivity index (χ4n) is 2.53. The van der Waals surface area contributed by atoms with Crippen molar-refractivity contribution >= 4 is 17.0 Å². The number of aromatic nitrogens is 2. The van der Waals surface area contributed by atoms with E-state index in [1.165, 1.54) is 0 Å². The van der Waals surface area contributed by atoms with Gasteiger partial charge in [0.2, 0.25) is 0 Å². The van der Waals surface area contributed by atoms with Crippen LogP contribution in [-0.4, -0.2) is 38.6 Å². The highest BCUT2D eigenvalue weighted by molar-refractivity contribution is 5.75. The highest BCUT2D eigenvalue weighted by Crippen LogP contribution is 2.18. The minimum absolute atomic E-state index is 0.192. The first-order valence-electron chi connectivity index (χ1n) is 7.54. The fourth-order valence-corrected chi connectivity index (χ4v) is 2.53. The Kier molecular flexibility index (Phi) is 5.33. The van der Waals surface area contributed by atoms with Crippen LogP contribution in [-0.2, 0) is 17.9 Å². The van der Waals surface area contributed by atoms with Crippen LogP contribution in [0.1, 0.15) is 32.5 Å². The number of nitrogens with zero attached hydrogens (tertiary/aromatic N) is 3. The largest absolute Gasteiger partial charge is 0.481 e. The van der Waals surface area contributed by atoms with Gasteiger partial charge in [0.15, 0.2) is 0 Å². The number of carboxylic acid groups (broad SMARTS) is 1. The van der Waals surface area contributed by atoms with Gasteiger partial charge in [0.25, 0.3) is 0 Å². The maximum absolute atomic E-state index is 10.7. The third kappa shape index (κ3) is 3.82.